The molecule has 0 spiro atoms. The Bertz CT molecular complexity index is 206. The van der Waals surface area contributed by atoms with Crippen LogP contribution in [0.3, 0.4) is 0 Å². The number of hydrogen-bond acceptors (Lipinski definition) is 3. The van der Waals surface area contributed by atoms with E-state index in [0.717, 1.165) is 0 Å². The van der Waals surface area contributed by atoms with Gasteiger partial charge in [0.2, 0.25) is 0 Å². The molecule has 0 aromatic heterocycles. The van der Waals surface area contributed by atoms with Crippen molar-refractivity contribution >= 4 is 0 Å². The van der Waals surface area contributed by atoms with Crippen LogP contribution in [0.4, 0.5) is 0 Å². The van der Waals surface area contributed by atoms with Crippen LogP contribution >= 0.6 is 0 Å². The van der Waals surface area contributed by atoms with Gasteiger partial charge < -0.3 is 20.6 Å². The molecule has 0 saturated heterocycles. The first-order valence-corrected chi connectivity index (χ1v) is 9.78. The first-order valence-electron chi connectivity index (χ1n) is 9.78. The lowest BCUT2D eigenvalue weighted by atomic mass is 10.1. The molecule has 0 fully saturated rings. The highest BCUT2D eigenvalue weighted by molar-refractivity contribution is 4.45. The van der Waals surface area contributed by atoms with E-state index in [9.17, 15) is 0 Å². The van der Waals surface area contributed by atoms with E-state index < -0.39 is 5.09 Å². The van der Waals surface area contributed by atoms with Gasteiger partial charge in [0.1, 0.15) is 0 Å². The Kier molecular flexibility index (Phi) is 24.9. The molecule has 0 bridgehead atoms. The van der Waals surface area contributed by atoms with Crippen LogP contribution in [-0.2, 0) is 0 Å². The van der Waals surface area contributed by atoms with Crippen LogP contribution in [0.1, 0.15) is 104 Å². The largest absolute Gasteiger partial charge is 0.356 e. The Morgan fingerprint density at radius 1 is 0.609 bits per heavy atom. The van der Waals surface area contributed by atoms with Gasteiger partial charge in [0, 0.05) is 0 Å². The quantitative estimate of drug-likeness (QED) is 0.250. The smallest absolute Gasteiger partial charge is 0.0755 e. The third-order valence-corrected chi connectivity index (χ3v) is 4.02. The molecule has 0 unspecified atom stereocenters. The van der Waals surface area contributed by atoms with Crippen molar-refractivity contribution in [2.45, 2.75) is 104 Å². The van der Waals surface area contributed by atoms with E-state index >= 15 is 0 Å². The summed E-state index contributed by atoms with van der Waals surface area (Å²) in [5.41, 5.74) is 0. The molecule has 0 aliphatic heterocycles. The highest BCUT2D eigenvalue weighted by atomic mass is 16.9. The van der Waals surface area contributed by atoms with E-state index in [1.165, 1.54) is 103 Å². The first kappa shape index (κ1) is 24.4. The monoisotopic (exact) mass is 332 g/mol. The van der Waals surface area contributed by atoms with Gasteiger partial charge in [-0.25, -0.2) is 0 Å². The summed E-state index contributed by atoms with van der Waals surface area (Å²) in [6, 6.07) is 0. The molecule has 0 aromatic carbocycles. The highest BCUT2D eigenvalue weighted by Gasteiger charge is 1.95. The second-order valence-electron chi connectivity index (χ2n) is 6.33. The van der Waals surface area contributed by atoms with E-state index in [0.29, 0.717) is 0 Å². The number of rotatable bonds is 16. The molecular weight excluding hydrogens is 292 g/mol. The summed E-state index contributed by atoms with van der Waals surface area (Å²) < 4.78 is 0. The van der Waals surface area contributed by atoms with Crippen LogP contribution in [0.5, 0.6) is 0 Å². The normalized spacial score (nSPS) is 10.2. The minimum Gasteiger partial charge on any atom is -0.356 e. The maximum atomic E-state index is 8.25. The number of nitrogens with two attached hydrogens (primary N) is 1. The van der Waals surface area contributed by atoms with Crippen molar-refractivity contribution in [2.24, 2.45) is 0 Å². The SMILES string of the molecule is CCCCCCCCCC[NH2+]CCCCCCCC.O=[N+]([O-])[O-]. The minimum absolute atomic E-state index is 1.36. The summed E-state index contributed by atoms with van der Waals surface area (Å²) in [4.78, 5) is 8.25. The Morgan fingerprint density at radius 3 is 1.17 bits per heavy atom. The van der Waals surface area contributed by atoms with E-state index in [2.05, 4.69) is 19.2 Å². The van der Waals surface area contributed by atoms with Crippen LogP contribution in [0.15, 0.2) is 0 Å². The summed E-state index contributed by atoms with van der Waals surface area (Å²) in [7, 11) is 0. The molecule has 0 amide bonds. The fourth-order valence-electron chi connectivity index (χ4n) is 2.64. The molecule has 0 aromatic rings. The van der Waals surface area contributed by atoms with E-state index in [1.54, 1.807) is 0 Å². The van der Waals surface area contributed by atoms with Crippen molar-refractivity contribution in [1.29, 1.82) is 0 Å². The molecule has 2 N–H and O–H groups in total. The van der Waals surface area contributed by atoms with Gasteiger partial charge in [-0.05, 0) is 25.7 Å². The summed E-state index contributed by atoms with van der Waals surface area (Å²) in [6.07, 6.45) is 20.2. The Balaban J connectivity index is 0. The summed E-state index contributed by atoms with van der Waals surface area (Å²) in [5, 5.41) is 17.3. The van der Waals surface area contributed by atoms with E-state index in [1.807, 2.05) is 0 Å². The summed E-state index contributed by atoms with van der Waals surface area (Å²) in [6.45, 7) is 7.31. The van der Waals surface area contributed by atoms with Crippen molar-refractivity contribution in [3.05, 3.63) is 15.3 Å². The summed E-state index contributed by atoms with van der Waals surface area (Å²) >= 11 is 0. The number of quaternary nitrogens is 1. The molecule has 0 aliphatic rings. The van der Waals surface area contributed by atoms with Gasteiger partial charge in [-0.2, -0.15) is 0 Å². The average Bonchev–Trinajstić information content (AvgIpc) is 2.50. The lowest BCUT2D eigenvalue weighted by molar-refractivity contribution is -0.655. The van der Waals surface area contributed by atoms with E-state index in [4.69, 9.17) is 15.3 Å². The molecule has 0 radical (unpaired) electrons. The van der Waals surface area contributed by atoms with Crippen molar-refractivity contribution in [3.63, 3.8) is 0 Å². The third-order valence-electron chi connectivity index (χ3n) is 4.02. The van der Waals surface area contributed by atoms with Crippen LogP contribution < -0.4 is 5.32 Å². The van der Waals surface area contributed by atoms with Gasteiger partial charge in [0.25, 0.3) is 0 Å². The Morgan fingerprint density at radius 2 is 0.870 bits per heavy atom. The third kappa shape index (κ3) is 33.8. The molecule has 0 atom stereocenters. The molecule has 5 heteroatoms. The standard InChI is InChI=1S/C18H39N.NO3/c1-3-5-7-9-11-12-14-16-18-19-17-15-13-10-8-6-4-2;2-1(3)4/h19H,3-18H2,1-2H3;/q;-1/p+1. The second kappa shape index (κ2) is 23.4. The zero-order valence-corrected chi connectivity index (χ0v) is 15.6. The van der Waals surface area contributed by atoms with Crippen LogP contribution in [0.25, 0.3) is 0 Å². The molecule has 23 heavy (non-hydrogen) atoms. The topological polar surface area (TPSA) is 82.8 Å². The second-order valence-corrected chi connectivity index (χ2v) is 6.33. The number of nitrogens with zero attached hydrogens (tertiary/aromatic N) is 1. The van der Waals surface area contributed by atoms with Crippen LogP contribution in [-0.4, -0.2) is 18.2 Å². The predicted molar refractivity (Wildman–Crippen MR) is 98.0 cm³/mol. The van der Waals surface area contributed by atoms with Gasteiger partial charge in [0.15, 0.2) is 0 Å². The van der Waals surface area contributed by atoms with Gasteiger partial charge in [0.05, 0.1) is 18.2 Å². The van der Waals surface area contributed by atoms with E-state index in [-0.39, 0.29) is 0 Å². The predicted octanol–water partition coefficient (Wildman–Crippen LogP) is 4.81. The van der Waals surface area contributed by atoms with Crippen LogP contribution in [0, 0.1) is 15.3 Å². The maximum Gasteiger partial charge on any atom is 0.0755 e. The molecular formula is C18H40N2O3. The fourth-order valence-corrected chi connectivity index (χ4v) is 2.64. The van der Waals surface area contributed by atoms with Gasteiger partial charge >= 0.3 is 0 Å². The minimum atomic E-state index is -1.75. The molecule has 5 nitrogen and oxygen atoms in total. The maximum absolute atomic E-state index is 8.25. The first-order chi connectivity index (χ1) is 11.1. The van der Waals surface area contributed by atoms with Gasteiger partial charge in [-0.3, -0.25) is 0 Å². The number of unbranched alkanes of at least 4 members (excludes halogenated alkanes) is 12. The lowest BCUT2D eigenvalue weighted by Crippen LogP contribution is -2.84. The molecule has 0 saturated carbocycles. The van der Waals surface area contributed by atoms with Crippen molar-refractivity contribution in [1.82, 2.24) is 0 Å². The molecule has 0 rings (SSSR count). The zero-order valence-electron chi connectivity index (χ0n) is 15.6. The molecule has 0 heterocycles. The van der Waals surface area contributed by atoms with Crippen LogP contribution in [0.2, 0.25) is 0 Å². The number of hydrogen-bond donors (Lipinski definition) is 1. The average molecular weight is 333 g/mol. The van der Waals surface area contributed by atoms with Crippen molar-refractivity contribution in [3.8, 4) is 0 Å². The van der Waals surface area contributed by atoms with Gasteiger partial charge in [-0.1, -0.05) is 78.1 Å². The zero-order chi connectivity index (χ0) is 17.6. The lowest BCUT2D eigenvalue weighted by Gasteiger charge is -2.03. The highest BCUT2D eigenvalue weighted by Crippen LogP contribution is 2.07. The Hall–Kier alpha value is -0.840. The van der Waals surface area contributed by atoms with Crippen molar-refractivity contribution < 1.29 is 10.4 Å². The molecule has 0 aliphatic carbocycles. The molecule has 140 valence electrons. The van der Waals surface area contributed by atoms with Gasteiger partial charge in [-0.15, -0.1) is 0 Å². The Labute approximate surface area is 143 Å². The van der Waals surface area contributed by atoms with Crippen molar-refractivity contribution in [2.75, 3.05) is 13.1 Å². The summed E-state index contributed by atoms with van der Waals surface area (Å²) in [5.74, 6) is 0. The fraction of sp³-hybridized carbons (Fsp3) is 1.00.